The molecule has 1 heterocycles. The van der Waals surface area contributed by atoms with E-state index in [1.165, 1.54) is 13.3 Å². The molecule has 0 aromatic heterocycles. The summed E-state index contributed by atoms with van der Waals surface area (Å²) in [6.45, 7) is 5.83. The van der Waals surface area contributed by atoms with Gasteiger partial charge in [0.1, 0.15) is 0 Å². The largest absolute Gasteiger partial charge is 0.455 e. The van der Waals surface area contributed by atoms with Gasteiger partial charge in [-0.1, -0.05) is 26.7 Å². The number of anilines is 1. The number of nitrogens with one attached hydrogen (secondary N) is 1. The van der Waals surface area contributed by atoms with Crippen molar-refractivity contribution in [1.82, 2.24) is 4.90 Å². The first-order valence-corrected chi connectivity index (χ1v) is 10.6. The van der Waals surface area contributed by atoms with E-state index in [0.29, 0.717) is 29.6 Å². The highest BCUT2D eigenvalue weighted by Crippen LogP contribution is 2.35. The summed E-state index contributed by atoms with van der Waals surface area (Å²) in [5, 5.41) is 2.63. The predicted molar refractivity (Wildman–Crippen MR) is 112 cm³/mol. The second-order valence-corrected chi connectivity index (χ2v) is 8.57. The summed E-state index contributed by atoms with van der Waals surface area (Å²) < 4.78 is 5.17. The number of likely N-dealkylation sites (tertiary alicyclic amines) is 1. The van der Waals surface area contributed by atoms with Gasteiger partial charge < -0.3 is 15.0 Å². The van der Waals surface area contributed by atoms with Gasteiger partial charge in [-0.3, -0.25) is 19.2 Å². The second kappa shape index (κ2) is 9.41. The van der Waals surface area contributed by atoms with E-state index in [1.54, 1.807) is 24.3 Å². The minimum atomic E-state index is -0.524. The molecule has 1 aliphatic carbocycles. The lowest BCUT2D eigenvalue weighted by atomic mass is 9.77. The Balaban J connectivity index is 1.48. The van der Waals surface area contributed by atoms with E-state index in [2.05, 4.69) is 19.2 Å². The molecule has 30 heavy (non-hydrogen) atoms. The monoisotopic (exact) mass is 414 g/mol. The Kier molecular flexibility index (Phi) is 6.90. The average Bonchev–Trinajstić information content (AvgIpc) is 3.10. The van der Waals surface area contributed by atoms with Crippen molar-refractivity contribution in [3.8, 4) is 0 Å². The fourth-order valence-electron chi connectivity index (χ4n) is 4.44. The molecular weight excluding hydrogens is 384 g/mol. The van der Waals surface area contributed by atoms with Crippen LogP contribution in [-0.4, -0.2) is 47.7 Å². The van der Waals surface area contributed by atoms with Crippen molar-refractivity contribution >= 4 is 29.3 Å². The van der Waals surface area contributed by atoms with Gasteiger partial charge in [-0.15, -0.1) is 0 Å². The minimum absolute atomic E-state index is 0.00193. The summed E-state index contributed by atoms with van der Waals surface area (Å²) in [6.07, 6.45) is 3.40. The van der Waals surface area contributed by atoms with Crippen LogP contribution in [0.25, 0.3) is 0 Å². The Labute approximate surface area is 177 Å². The maximum atomic E-state index is 12.5. The zero-order valence-corrected chi connectivity index (χ0v) is 17.8. The molecular formula is C23H30N2O5. The fraction of sp³-hybridized carbons (Fsp3) is 0.565. The number of ketones is 1. The van der Waals surface area contributed by atoms with Crippen LogP contribution in [0.15, 0.2) is 24.3 Å². The van der Waals surface area contributed by atoms with E-state index in [4.69, 9.17) is 4.74 Å². The molecule has 3 rings (SSSR count). The summed E-state index contributed by atoms with van der Waals surface area (Å²) in [6, 6.07) is 6.67. The van der Waals surface area contributed by atoms with Crippen LogP contribution in [0, 0.1) is 17.8 Å². The molecule has 0 unspecified atom stereocenters. The maximum Gasteiger partial charge on any atom is 0.311 e. The topological polar surface area (TPSA) is 92.8 Å². The molecule has 1 saturated carbocycles. The Hall–Kier alpha value is -2.70. The number of rotatable bonds is 6. The maximum absolute atomic E-state index is 12.5. The molecule has 1 N–H and O–H groups in total. The molecule has 0 radical (unpaired) electrons. The van der Waals surface area contributed by atoms with Crippen molar-refractivity contribution in [2.24, 2.45) is 17.8 Å². The third kappa shape index (κ3) is 5.07. The average molecular weight is 415 g/mol. The molecule has 7 nitrogen and oxygen atoms in total. The van der Waals surface area contributed by atoms with Gasteiger partial charge in [-0.25, -0.2) is 0 Å². The van der Waals surface area contributed by atoms with Crippen molar-refractivity contribution in [3.05, 3.63) is 29.8 Å². The third-order valence-corrected chi connectivity index (χ3v) is 6.48. The van der Waals surface area contributed by atoms with Crippen molar-refractivity contribution in [1.29, 1.82) is 0 Å². The van der Waals surface area contributed by atoms with Crippen molar-refractivity contribution in [2.45, 2.75) is 52.5 Å². The first-order valence-electron chi connectivity index (χ1n) is 10.6. The van der Waals surface area contributed by atoms with Gasteiger partial charge in [0, 0.05) is 30.3 Å². The summed E-state index contributed by atoms with van der Waals surface area (Å²) in [5.74, 6) is -0.575. The number of carbonyl (C=O) groups is 4. The number of hydrogen-bond donors (Lipinski definition) is 1. The standard InChI is InChI=1S/C23H30N2O5/c1-14-5-4-6-20(15(14)2)25-12-18(11-22(25)28)23(29)30-13-21(27)24-19-9-7-17(8-10-19)16(3)26/h7-10,14-15,18,20H,4-6,11-13H2,1-3H3,(H,24,27)/t14-,15-,18-,20+/m1/s1. The van der Waals surface area contributed by atoms with E-state index in [9.17, 15) is 19.2 Å². The Morgan fingerprint density at radius 1 is 1.13 bits per heavy atom. The van der Waals surface area contributed by atoms with Crippen LogP contribution in [-0.2, 0) is 19.1 Å². The highest BCUT2D eigenvalue weighted by molar-refractivity contribution is 5.96. The van der Waals surface area contributed by atoms with Gasteiger partial charge in [0.2, 0.25) is 5.91 Å². The zero-order chi connectivity index (χ0) is 21.8. The third-order valence-electron chi connectivity index (χ3n) is 6.48. The first-order chi connectivity index (χ1) is 14.3. The molecule has 2 fully saturated rings. The van der Waals surface area contributed by atoms with E-state index < -0.39 is 24.4 Å². The van der Waals surface area contributed by atoms with Gasteiger partial charge in [0.05, 0.1) is 5.92 Å². The molecule has 7 heteroatoms. The van der Waals surface area contributed by atoms with Crippen LogP contribution < -0.4 is 5.32 Å². The Morgan fingerprint density at radius 3 is 2.50 bits per heavy atom. The molecule has 1 saturated heterocycles. The van der Waals surface area contributed by atoms with Gasteiger partial charge in [0.15, 0.2) is 12.4 Å². The van der Waals surface area contributed by atoms with Crippen LogP contribution in [0.3, 0.4) is 0 Å². The fourth-order valence-corrected chi connectivity index (χ4v) is 4.44. The van der Waals surface area contributed by atoms with Gasteiger partial charge in [-0.2, -0.15) is 0 Å². The molecule has 4 atom stereocenters. The van der Waals surface area contributed by atoms with Crippen LogP contribution >= 0.6 is 0 Å². The van der Waals surface area contributed by atoms with E-state index in [0.717, 1.165) is 12.8 Å². The van der Waals surface area contributed by atoms with Gasteiger partial charge in [0.25, 0.3) is 5.91 Å². The zero-order valence-electron chi connectivity index (χ0n) is 17.8. The molecule has 162 valence electrons. The van der Waals surface area contributed by atoms with Crippen LogP contribution in [0.5, 0.6) is 0 Å². The molecule has 0 bridgehead atoms. The number of benzene rings is 1. The Morgan fingerprint density at radius 2 is 1.83 bits per heavy atom. The molecule has 1 aromatic rings. The lowest BCUT2D eigenvalue weighted by Crippen LogP contribution is -2.45. The summed E-state index contributed by atoms with van der Waals surface area (Å²) in [7, 11) is 0. The van der Waals surface area contributed by atoms with Crippen molar-refractivity contribution in [2.75, 3.05) is 18.5 Å². The number of carbonyl (C=O) groups excluding carboxylic acids is 4. The summed E-state index contributed by atoms with van der Waals surface area (Å²) in [4.78, 5) is 50.1. The van der Waals surface area contributed by atoms with E-state index >= 15 is 0 Å². The number of Topliss-reactive ketones (excluding diaryl/α,β-unsaturated/α-hetero) is 1. The van der Waals surface area contributed by atoms with E-state index in [1.807, 2.05) is 4.90 Å². The van der Waals surface area contributed by atoms with Crippen LogP contribution in [0.1, 0.15) is 56.8 Å². The predicted octanol–water partition coefficient (Wildman–Crippen LogP) is 3.04. The van der Waals surface area contributed by atoms with Crippen LogP contribution in [0.4, 0.5) is 5.69 Å². The number of amides is 2. The van der Waals surface area contributed by atoms with Crippen molar-refractivity contribution in [3.63, 3.8) is 0 Å². The highest BCUT2D eigenvalue weighted by Gasteiger charge is 2.42. The van der Waals surface area contributed by atoms with E-state index in [-0.39, 0.29) is 24.2 Å². The number of esters is 1. The first kappa shape index (κ1) is 22.0. The minimum Gasteiger partial charge on any atom is -0.455 e. The number of ether oxygens (including phenoxy) is 1. The molecule has 1 aromatic carbocycles. The molecule has 2 aliphatic rings. The normalized spacial score (nSPS) is 26.4. The highest BCUT2D eigenvalue weighted by atomic mass is 16.5. The summed E-state index contributed by atoms with van der Waals surface area (Å²) in [5.41, 5.74) is 1.07. The second-order valence-electron chi connectivity index (χ2n) is 8.57. The van der Waals surface area contributed by atoms with Crippen molar-refractivity contribution < 1.29 is 23.9 Å². The number of nitrogens with zero attached hydrogens (tertiary/aromatic N) is 1. The van der Waals surface area contributed by atoms with Gasteiger partial charge >= 0.3 is 5.97 Å². The number of hydrogen-bond acceptors (Lipinski definition) is 5. The lowest BCUT2D eigenvalue weighted by Gasteiger charge is -2.39. The van der Waals surface area contributed by atoms with Crippen LogP contribution in [0.2, 0.25) is 0 Å². The molecule has 1 aliphatic heterocycles. The van der Waals surface area contributed by atoms with Gasteiger partial charge in [-0.05, 0) is 49.4 Å². The molecule has 2 amide bonds. The SMILES string of the molecule is CC(=O)c1ccc(NC(=O)COC(=O)[C@@H]2CC(=O)N([C@H]3CCC[C@@H](C)[C@H]3C)C2)cc1. The lowest BCUT2D eigenvalue weighted by molar-refractivity contribution is -0.151. The molecule has 0 spiro atoms. The Bertz CT molecular complexity index is 819. The summed E-state index contributed by atoms with van der Waals surface area (Å²) >= 11 is 0. The smallest absolute Gasteiger partial charge is 0.311 e. The quantitative estimate of drug-likeness (QED) is 0.570.